The number of halogens is 2. The molecule has 1 aromatic rings. The van der Waals surface area contributed by atoms with E-state index in [1.807, 2.05) is 6.07 Å². The highest BCUT2D eigenvalue weighted by atomic mass is 35.5. The van der Waals surface area contributed by atoms with Gasteiger partial charge in [0.05, 0.1) is 15.8 Å². The highest BCUT2D eigenvalue weighted by molar-refractivity contribution is 7.89. The lowest BCUT2D eigenvalue weighted by Gasteiger charge is -2.06. The van der Waals surface area contributed by atoms with Crippen LogP contribution < -0.4 is 10.5 Å². The van der Waals surface area contributed by atoms with Gasteiger partial charge < -0.3 is 5.32 Å². The van der Waals surface area contributed by atoms with Crippen LogP contribution in [-0.2, 0) is 14.8 Å². The van der Waals surface area contributed by atoms with Crippen molar-refractivity contribution in [2.45, 2.75) is 12.3 Å². The van der Waals surface area contributed by atoms with E-state index in [4.69, 9.17) is 28.3 Å². The lowest BCUT2D eigenvalue weighted by Crippen LogP contribution is -2.32. The SMILES string of the molecule is NS(=O)(=O)CCNC(=O)[C@H]1C[C@H]1c1cccc(Cl)c1Cl. The molecule has 1 amide bonds. The Morgan fingerprint density at radius 1 is 1.40 bits per heavy atom. The van der Waals surface area contributed by atoms with Gasteiger partial charge in [-0.05, 0) is 24.0 Å². The van der Waals surface area contributed by atoms with Gasteiger partial charge in [-0.25, -0.2) is 13.6 Å². The molecular weight excluding hydrogens is 323 g/mol. The second-order valence-electron chi connectivity index (χ2n) is 4.75. The summed E-state index contributed by atoms with van der Waals surface area (Å²) in [5.74, 6) is -0.606. The highest BCUT2D eigenvalue weighted by Crippen LogP contribution is 2.50. The van der Waals surface area contributed by atoms with Crippen LogP contribution in [0.2, 0.25) is 10.0 Å². The first kappa shape index (κ1) is 15.6. The molecule has 0 unspecified atom stereocenters. The monoisotopic (exact) mass is 336 g/mol. The van der Waals surface area contributed by atoms with Gasteiger partial charge >= 0.3 is 0 Å². The largest absolute Gasteiger partial charge is 0.355 e. The van der Waals surface area contributed by atoms with Crippen molar-refractivity contribution in [2.24, 2.45) is 11.1 Å². The first-order valence-electron chi connectivity index (χ1n) is 6.01. The summed E-state index contributed by atoms with van der Waals surface area (Å²) in [4.78, 5) is 11.8. The number of sulfonamides is 1. The van der Waals surface area contributed by atoms with Crippen molar-refractivity contribution >= 4 is 39.1 Å². The molecule has 0 aliphatic heterocycles. The van der Waals surface area contributed by atoms with Crippen molar-refractivity contribution in [1.29, 1.82) is 0 Å². The van der Waals surface area contributed by atoms with E-state index < -0.39 is 10.0 Å². The third-order valence-corrected chi connectivity index (χ3v) is 4.80. The van der Waals surface area contributed by atoms with Crippen molar-refractivity contribution in [1.82, 2.24) is 5.32 Å². The molecule has 1 aliphatic carbocycles. The number of rotatable bonds is 5. The lowest BCUT2D eigenvalue weighted by atomic mass is 10.1. The van der Waals surface area contributed by atoms with Gasteiger partial charge in [0.25, 0.3) is 0 Å². The van der Waals surface area contributed by atoms with E-state index in [0.29, 0.717) is 16.5 Å². The molecule has 0 aromatic heterocycles. The number of carbonyl (C=O) groups is 1. The summed E-state index contributed by atoms with van der Waals surface area (Å²) in [5, 5.41) is 8.35. The summed E-state index contributed by atoms with van der Waals surface area (Å²) in [6.45, 7) is 0.0180. The van der Waals surface area contributed by atoms with E-state index >= 15 is 0 Å². The second-order valence-corrected chi connectivity index (χ2v) is 7.27. The molecule has 20 heavy (non-hydrogen) atoms. The molecule has 0 bridgehead atoms. The van der Waals surface area contributed by atoms with Crippen LogP contribution in [0.15, 0.2) is 18.2 Å². The normalized spacial score (nSPS) is 21.6. The molecule has 1 aliphatic rings. The zero-order valence-corrected chi connectivity index (χ0v) is 12.8. The molecule has 3 N–H and O–H groups in total. The number of carbonyl (C=O) groups excluding carboxylic acids is 1. The van der Waals surface area contributed by atoms with Gasteiger partial charge in [0, 0.05) is 12.5 Å². The second kappa shape index (κ2) is 5.89. The molecule has 2 atom stereocenters. The van der Waals surface area contributed by atoms with Crippen molar-refractivity contribution in [3.8, 4) is 0 Å². The molecule has 0 spiro atoms. The Kier molecular flexibility index (Phi) is 4.59. The fourth-order valence-corrected chi connectivity index (χ4v) is 2.92. The van der Waals surface area contributed by atoms with Gasteiger partial charge in [0.1, 0.15) is 0 Å². The van der Waals surface area contributed by atoms with Gasteiger partial charge in [0.15, 0.2) is 0 Å². The standard InChI is InChI=1S/C12H14Cl2N2O3S/c13-10-3-1-2-7(11(10)14)8-6-9(8)12(17)16-4-5-20(15,18)19/h1-3,8-9H,4-6H2,(H,16,17)(H2,15,18,19)/t8-,9-/m0/s1. The van der Waals surface area contributed by atoms with E-state index in [2.05, 4.69) is 5.32 Å². The highest BCUT2D eigenvalue weighted by Gasteiger charge is 2.44. The first-order valence-corrected chi connectivity index (χ1v) is 8.49. The van der Waals surface area contributed by atoms with E-state index in [9.17, 15) is 13.2 Å². The van der Waals surface area contributed by atoms with Crippen LogP contribution in [0.5, 0.6) is 0 Å². The minimum Gasteiger partial charge on any atom is -0.355 e. The summed E-state index contributed by atoms with van der Waals surface area (Å²) in [7, 11) is -3.56. The predicted molar refractivity (Wildman–Crippen MR) is 78.3 cm³/mol. The van der Waals surface area contributed by atoms with Gasteiger partial charge in [0.2, 0.25) is 15.9 Å². The molecule has 2 rings (SSSR count). The Balaban J connectivity index is 1.91. The lowest BCUT2D eigenvalue weighted by molar-refractivity contribution is -0.122. The van der Waals surface area contributed by atoms with Crippen LogP contribution in [0, 0.1) is 5.92 Å². The van der Waals surface area contributed by atoms with Gasteiger partial charge in [-0.2, -0.15) is 0 Å². The van der Waals surface area contributed by atoms with E-state index in [1.54, 1.807) is 12.1 Å². The molecule has 1 saturated carbocycles. The zero-order valence-electron chi connectivity index (χ0n) is 10.5. The molecule has 1 fully saturated rings. The topological polar surface area (TPSA) is 89.3 Å². The summed E-state index contributed by atoms with van der Waals surface area (Å²) < 4.78 is 21.5. The molecule has 8 heteroatoms. The van der Waals surface area contributed by atoms with Crippen LogP contribution in [0.25, 0.3) is 0 Å². The van der Waals surface area contributed by atoms with Crippen LogP contribution >= 0.6 is 23.2 Å². The van der Waals surface area contributed by atoms with Crippen molar-refractivity contribution in [2.75, 3.05) is 12.3 Å². The molecule has 0 heterocycles. The first-order chi connectivity index (χ1) is 9.29. The average molecular weight is 337 g/mol. The summed E-state index contributed by atoms with van der Waals surface area (Å²) in [5.41, 5.74) is 0.853. The Bertz CT molecular complexity index is 634. The van der Waals surface area contributed by atoms with Crippen LogP contribution in [0.4, 0.5) is 0 Å². The van der Waals surface area contributed by atoms with E-state index in [-0.39, 0.29) is 30.0 Å². The molecule has 5 nitrogen and oxygen atoms in total. The molecule has 1 aromatic carbocycles. The third-order valence-electron chi connectivity index (χ3n) is 3.19. The smallest absolute Gasteiger partial charge is 0.223 e. The van der Waals surface area contributed by atoms with Gasteiger partial charge in [-0.15, -0.1) is 0 Å². The van der Waals surface area contributed by atoms with E-state index in [1.165, 1.54) is 0 Å². The minimum atomic E-state index is -3.56. The molecule has 110 valence electrons. The summed E-state index contributed by atoms with van der Waals surface area (Å²) in [6, 6.07) is 5.32. The number of nitrogens with one attached hydrogen (secondary N) is 1. The number of primary sulfonamides is 1. The Labute approximate surface area is 127 Å². The third kappa shape index (κ3) is 3.85. The fraction of sp³-hybridized carbons (Fsp3) is 0.417. The molecule has 0 saturated heterocycles. The number of hydrogen-bond donors (Lipinski definition) is 2. The van der Waals surface area contributed by atoms with Crippen molar-refractivity contribution in [3.63, 3.8) is 0 Å². The van der Waals surface area contributed by atoms with Crippen molar-refractivity contribution in [3.05, 3.63) is 33.8 Å². The maximum absolute atomic E-state index is 11.8. The number of benzene rings is 1. The number of nitrogens with two attached hydrogens (primary N) is 1. The van der Waals surface area contributed by atoms with Gasteiger partial charge in [-0.1, -0.05) is 35.3 Å². The van der Waals surface area contributed by atoms with Crippen LogP contribution in [-0.4, -0.2) is 26.6 Å². The Morgan fingerprint density at radius 2 is 2.10 bits per heavy atom. The quantitative estimate of drug-likeness (QED) is 0.853. The minimum absolute atomic E-state index is 0.0180. The average Bonchev–Trinajstić information content (AvgIpc) is 3.11. The zero-order chi connectivity index (χ0) is 14.9. The van der Waals surface area contributed by atoms with Crippen molar-refractivity contribution < 1.29 is 13.2 Å². The summed E-state index contributed by atoms with van der Waals surface area (Å²) in [6.07, 6.45) is 0.682. The predicted octanol–water partition coefficient (Wildman–Crippen LogP) is 1.50. The maximum Gasteiger partial charge on any atom is 0.223 e. The number of hydrogen-bond acceptors (Lipinski definition) is 3. The Hall–Kier alpha value is -0.820. The van der Waals surface area contributed by atoms with E-state index in [0.717, 1.165) is 5.56 Å². The summed E-state index contributed by atoms with van der Waals surface area (Å²) >= 11 is 12.0. The Morgan fingerprint density at radius 3 is 2.75 bits per heavy atom. The van der Waals surface area contributed by atoms with Crippen LogP contribution in [0.1, 0.15) is 17.9 Å². The van der Waals surface area contributed by atoms with Crippen LogP contribution in [0.3, 0.4) is 0 Å². The molecular formula is C12H14Cl2N2O3S. The fourth-order valence-electron chi connectivity index (χ4n) is 2.08. The molecule has 0 radical (unpaired) electrons. The van der Waals surface area contributed by atoms with Gasteiger partial charge in [-0.3, -0.25) is 4.79 Å². The number of amides is 1. The maximum atomic E-state index is 11.8.